The standard InChI is InChI=1S/C15H17N3O/c1-11-14(10-18(2)9-12(19)7-8-16)13-5-3-4-6-15(13)17-11/h3-6,17H,7,9-10H2,1-2H3. The zero-order valence-electron chi connectivity index (χ0n) is 11.2. The quantitative estimate of drug-likeness (QED) is 0.892. The highest BCUT2D eigenvalue weighted by Gasteiger charge is 2.12. The second-order valence-electron chi connectivity index (χ2n) is 4.82. The zero-order valence-corrected chi connectivity index (χ0v) is 11.2. The molecular weight excluding hydrogens is 238 g/mol. The predicted octanol–water partition coefficient (Wildman–Crippen LogP) is 2.39. The van der Waals surface area contributed by atoms with Crippen molar-refractivity contribution in [3.63, 3.8) is 0 Å². The molecule has 1 N–H and O–H groups in total. The van der Waals surface area contributed by atoms with Crippen LogP contribution < -0.4 is 0 Å². The van der Waals surface area contributed by atoms with E-state index in [-0.39, 0.29) is 12.2 Å². The summed E-state index contributed by atoms with van der Waals surface area (Å²) in [5.41, 5.74) is 3.45. The number of carbonyl (C=O) groups is 1. The monoisotopic (exact) mass is 255 g/mol. The van der Waals surface area contributed by atoms with Gasteiger partial charge in [0, 0.05) is 23.1 Å². The number of nitrogens with one attached hydrogen (secondary N) is 1. The topological polar surface area (TPSA) is 59.9 Å². The number of aromatic nitrogens is 1. The fourth-order valence-electron chi connectivity index (χ4n) is 2.31. The third-order valence-electron chi connectivity index (χ3n) is 3.18. The summed E-state index contributed by atoms with van der Waals surface area (Å²) in [4.78, 5) is 16.8. The number of hydrogen-bond donors (Lipinski definition) is 1. The number of benzene rings is 1. The summed E-state index contributed by atoms with van der Waals surface area (Å²) in [6.07, 6.45) is -0.0167. The molecule has 19 heavy (non-hydrogen) atoms. The maximum Gasteiger partial charge on any atom is 0.160 e. The van der Waals surface area contributed by atoms with E-state index in [1.54, 1.807) is 0 Å². The Bertz CT molecular complexity index is 636. The van der Waals surface area contributed by atoms with Gasteiger partial charge in [0.2, 0.25) is 0 Å². The van der Waals surface area contributed by atoms with E-state index in [1.807, 2.05) is 43.1 Å². The summed E-state index contributed by atoms with van der Waals surface area (Å²) in [6, 6.07) is 10.0. The highest BCUT2D eigenvalue weighted by molar-refractivity contribution is 5.85. The minimum atomic E-state index is -0.0394. The molecular formula is C15H17N3O. The Hall–Kier alpha value is -2.12. The Morgan fingerprint density at radius 3 is 2.89 bits per heavy atom. The van der Waals surface area contributed by atoms with Crippen molar-refractivity contribution in [3.05, 3.63) is 35.5 Å². The molecule has 0 aliphatic carbocycles. The van der Waals surface area contributed by atoms with Crippen LogP contribution in [0.15, 0.2) is 24.3 Å². The number of nitrogens with zero attached hydrogens (tertiary/aromatic N) is 2. The molecule has 0 spiro atoms. The Balaban J connectivity index is 2.15. The molecule has 0 saturated carbocycles. The van der Waals surface area contributed by atoms with Gasteiger partial charge in [-0.15, -0.1) is 0 Å². The Morgan fingerprint density at radius 2 is 2.16 bits per heavy atom. The number of ketones is 1. The molecule has 0 aliphatic rings. The number of H-pyrrole nitrogens is 1. The molecule has 98 valence electrons. The summed E-state index contributed by atoms with van der Waals surface area (Å²) in [5, 5.41) is 9.69. The van der Waals surface area contributed by atoms with E-state index >= 15 is 0 Å². The van der Waals surface area contributed by atoms with Gasteiger partial charge in [-0.1, -0.05) is 18.2 Å². The Labute approximate surface area is 112 Å². The van der Waals surface area contributed by atoms with E-state index < -0.39 is 0 Å². The summed E-state index contributed by atoms with van der Waals surface area (Å²) in [6.45, 7) is 3.06. The van der Waals surface area contributed by atoms with Gasteiger partial charge in [0.25, 0.3) is 0 Å². The third-order valence-corrected chi connectivity index (χ3v) is 3.18. The van der Waals surface area contributed by atoms with E-state index in [2.05, 4.69) is 11.1 Å². The van der Waals surface area contributed by atoms with Crippen LogP contribution in [0.25, 0.3) is 10.9 Å². The molecule has 0 atom stereocenters. The lowest BCUT2D eigenvalue weighted by Gasteiger charge is -2.15. The van der Waals surface area contributed by atoms with Crippen LogP contribution in [-0.4, -0.2) is 29.3 Å². The molecule has 0 unspecified atom stereocenters. The minimum Gasteiger partial charge on any atom is -0.358 e. The third kappa shape index (κ3) is 3.01. The minimum absolute atomic E-state index is 0.0167. The van der Waals surface area contributed by atoms with Gasteiger partial charge in [-0.05, 0) is 25.6 Å². The number of aryl methyl sites for hydroxylation is 1. The number of hydrogen-bond acceptors (Lipinski definition) is 3. The summed E-state index contributed by atoms with van der Waals surface area (Å²) in [5.74, 6) is -0.0394. The molecule has 2 aromatic rings. The lowest BCUT2D eigenvalue weighted by molar-refractivity contribution is -0.119. The van der Waals surface area contributed by atoms with Crippen LogP contribution in [0.5, 0.6) is 0 Å². The highest BCUT2D eigenvalue weighted by Crippen LogP contribution is 2.22. The molecule has 0 radical (unpaired) electrons. The predicted molar refractivity (Wildman–Crippen MR) is 74.6 cm³/mol. The molecule has 0 aliphatic heterocycles. The van der Waals surface area contributed by atoms with Gasteiger partial charge in [0.1, 0.15) is 0 Å². The van der Waals surface area contributed by atoms with Gasteiger partial charge in [-0.2, -0.15) is 5.26 Å². The lowest BCUT2D eigenvalue weighted by atomic mass is 10.1. The molecule has 4 nitrogen and oxygen atoms in total. The molecule has 2 rings (SSSR count). The molecule has 0 fully saturated rings. The van der Waals surface area contributed by atoms with E-state index in [9.17, 15) is 4.79 Å². The summed E-state index contributed by atoms with van der Waals surface area (Å²) < 4.78 is 0. The maximum atomic E-state index is 11.5. The van der Waals surface area contributed by atoms with Crippen molar-refractivity contribution in [2.45, 2.75) is 19.9 Å². The van der Waals surface area contributed by atoms with Crippen LogP contribution in [-0.2, 0) is 11.3 Å². The molecule has 1 heterocycles. The molecule has 1 aromatic heterocycles. The Morgan fingerprint density at radius 1 is 1.42 bits per heavy atom. The van der Waals surface area contributed by atoms with Gasteiger partial charge in [0.15, 0.2) is 5.78 Å². The van der Waals surface area contributed by atoms with Crippen molar-refractivity contribution in [3.8, 4) is 6.07 Å². The molecule has 0 saturated heterocycles. The first-order valence-electron chi connectivity index (χ1n) is 6.25. The second-order valence-corrected chi connectivity index (χ2v) is 4.82. The van der Waals surface area contributed by atoms with Crippen molar-refractivity contribution in [1.29, 1.82) is 5.26 Å². The van der Waals surface area contributed by atoms with Gasteiger partial charge in [-0.3, -0.25) is 9.69 Å². The normalized spacial score (nSPS) is 10.8. The van der Waals surface area contributed by atoms with E-state index in [0.717, 1.165) is 11.2 Å². The van der Waals surface area contributed by atoms with Gasteiger partial charge < -0.3 is 4.98 Å². The average Bonchev–Trinajstić information content (AvgIpc) is 2.66. The van der Waals surface area contributed by atoms with E-state index in [0.29, 0.717) is 13.1 Å². The maximum absolute atomic E-state index is 11.5. The van der Waals surface area contributed by atoms with Crippen LogP contribution in [0.3, 0.4) is 0 Å². The first-order valence-corrected chi connectivity index (χ1v) is 6.25. The fourth-order valence-corrected chi connectivity index (χ4v) is 2.31. The molecule has 1 aromatic carbocycles. The van der Waals surface area contributed by atoms with Crippen molar-refractivity contribution < 1.29 is 4.79 Å². The number of fused-ring (bicyclic) bond motifs is 1. The van der Waals surface area contributed by atoms with Crippen molar-refractivity contribution >= 4 is 16.7 Å². The fraction of sp³-hybridized carbons (Fsp3) is 0.333. The first kappa shape index (κ1) is 13.3. The number of aromatic amines is 1. The number of likely N-dealkylation sites (N-methyl/N-ethyl adjacent to an activating group) is 1. The number of para-hydroxylation sites is 1. The first-order chi connectivity index (χ1) is 9.11. The van der Waals surface area contributed by atoms with Crippen LogP contribution in [0, 0.1) is 18.3 Å². The zero-order chi connectivity index (χ0) is 13.8. The highest BCUT2D eigenvalue weighted by atomic mass is 16.1. The Kier molecular flexibility index (Phi) is 3.98. The average molecular weight is 255 g/mol. The van der Waals surface area contributed by atoms with Crippen molar-refractivity contribution in [2.24, 2.45) is 0 Å². The van der Waals surface area contributed by atoms with Crippen LogP contribution in [0.4, 0.5) is 0 Å². The largest absolute Gasteiger partial charge is 0.358 e. The van der Waals surface area contributed by atoms with Crippen molar-refractivity contribution in [1.82, 2.24) is 9.88 Å². The second kappa shape index (κ2) is 5.68. The van der Waals surface area contributed by atoms with Crippen LogP contribution in [0.2, 0.25) is 0 Å². The molecule has 0 amide bonds. The number of rotatable bonds is 5. The van der Waals surface area contributed by atoms with Crippen LogP contribution >= 0.6 is 0 Å². The van der Waals surface area contributed by atoms with Crippen molar-refractivity contribution in [2.75, 3.05) is 13.6 Å². The van der Waals surface area contributed by atoms with Crippen LogP contribution in [0.1, 0.15) is 17.7 Å². The van der Waals surface area contributed by atoms with Gasteiger partial charge in [-0.25, -0.2) is 0 Å². The van der Waals surface area contributed by atoms with Gasteiger partial charge >= 0.3 is 0 Å². The smallest absolute Gasteiger partial charge is 0.160 e. The van der Waals surface area contributed by atoms with E-state index in [4.69, 9.17) is 5.26 Å². The number of carbonyl (C=O) groups excluding carboxylic acids is 1. The number of nitriles is 1. The van der Waals surface area contributed by atoms with Gasteiger partial charge in [0.05, 0.1) is 19.0 Å². The molecule has 0 bridgehead atoms. The number of Topliss-reactive ketones (excluding diaryl/α,β-unsaturated/α-hetero) is 1. The molecule has 4 heteroatoms. The van der Waals surface area contributed by atoms with E-state index in [1.165, 1.54) is 10.9 Å². The lowest BCUT2D eigenvalue weighted by Crippen LogP contribution is -2.25. The summed E-state index contributed by atoms with van der Waals surface area (Å²) >= 11 is 0. The summed E-state index contributed by atoms with van der Waals surface area (Å²) in [7, 11) is 1.90. The SMILES string of the molecule is Cc1[nH]c2ccccc2c1CN(C)CC(=O)CC#N.